The van der Waals surface area contributed by atoms with Crippen LogP contribution < -0.4 is 0 Å². The molecule has 0 atom stereocenters. The number of pyridine rings is 1. The number of aromatic nitrogens is 4. The number of carbonyl (C=O) groups is 1. The first kappa shape index (κ1) is 17.1. The van der Waals surface area contributed by atoms with Crippen molar-refractivity contribution in [1.29, 1.82) is 0 Å². The van der Waals surface area contributed by atoms with Crippen LogP contribution in [0.15, 0.2) is 78.3 Å². The lowest BCUT2D eigenvalue weighted by molar-refractivity contribution is 0.0730. The van der Waals surface area contributed by atoms with E-state index in [-0.39, 0.29) is 5.91 Å². The molecule has 7 heteroatoms. The van der Waals surface area contributed by atoms with E-state index in [1.807, 2.05) is 52.7 Å². The molecular formula is C20H17N5OS. The Labute approximate surface area is 160 Å². The quantitative estimate of drug-likeness (QED) is 0.517. The maximum atomic E-state index is 13.3. The normalized spacial score (nSPS) is 10.7. The molecule has 3 heterocycles. The third-order valence-corrected chi connectivity index (χ3v) is 4.88. The number of benzene rings is 1. The van der Waals surface area contributed by atoms with Crippen LogP contribution in [0.3, 0.4) is 0 Å². The zero-order chi connectivity index (χ0) is 18.5. The molecule has 3 aromatic heterocycles. The highest BCUT2D eigenvalue weighted by atomic mass is 32.1. The largest absolute Gasteiger partial charge is 0.330 e. The van der Waals surface area contributed by atoms with E-state index in [1.54, 1.807) is 41.0 Å². The molecule has 6 nitrogen and oxygen atoms in total. The summed E-state index contributed by atoms with van der Waals surface area (Å²) in [7, 11) is 0. The summed E-state index contributed by atoms with van der Waals surface area (Å²) >= 11 is 1.63. The van der Waals surface area contributed by atoms with Crippen LogP contribution in [0.4, 0.5) is 0 Å². The van der Waals surface area contributed by atoms with Crippen molar-refractivity contribution >= 4 is 17.2 Å². The van der Waals surface area contributed by atoms with Gasteiger partial charge in [-0.05, 0) is 52.2 Å². The van der Waals surface area contributed by atoms with E-state index in [2.05, 4.69) is 20.6 Å². The van der Waals surface area contributed by atoms with Crippen molar-refractivity contribution in [3.05, 3.63) is 95.0 Å². The molecule has 0 saturated heterocycles. The van der Waals surface area contributed by atoms with Gasteiger partial charge in [0.2, 0.25) is 0 Å². The fourth-order valence-corrected chi connectivity index (χ4v) is 3.49. The molecule has 0 saturated carbocycles. The molecule has 0 unspecified atom stereocenters. The number of rotatable bonds is 6. The molecule has 0 radical (unpaired) electrons. The maximum absolute atomic E-state index is 13.3. The zero-order valence-electron chi connectivity index (χ0n) is 14.5. The number of hydrogen-bond acceptors (Lipinski definition) is 5. The van der Waals surface area contributed by atoms with Crippen LogP contribution in [-0.2, 0) is 13.1 Å². The number of hydrogen-bond donors (Lipinski definition) is 0. The molecule has 4 rings (SSSR count). The van der Waals surface area contributed by atoms with Gasteiger partial charge in [0.25, 0.3) is 5.91 Å². The lowest BCUT2D eigenvalue weighted by Gasteiger charge is -2.23. The molecule has 0 aliphatic rings. The second-order valence-corrected chi connectivity index (χ2v) is 6.85. The molecule has 0 bridgehead atoms. The first-order valence-electron chi connectivity index (χ1n) is 8.44. The highest BCUT2D eigenvalue weighted by Crippen LogP contribution is 2.17. The van der Waals surface area contributed by atoms with Crippen molar-refractivity contribution < 1.29 is 4.79 Å². The van der Waals surface area contributed by atoms with Gasteiger partial charge in [-0.25, -0.2) is 0 Å². The summed E-state index contributed by atoms with van der Waals surface area (Å²) in [6, 6.07) is 13.4. The molecule has 0 fully saturated rings. The predicted molar refractivity (Wildman–Crippen MR) is 103 cm³/mol. The Hall–Kier alpha value is -3.32. The summed E-state index contributed by atoms with van der Waals surface area (Å²) in [6.07, 6.45) is 6.75. The van der Waals surface area contributed by atoms with Crippen LogP contribution in [0.2, 0.25) is 0 Å². The summed E-state index contributed by atoms with van der Waals surface area (Å²) in [5, 5.41) is 11.7. The summed E-state index contributed by atoms with van der Waals surface area (Å²) in [4.78, 5) is 19.3. The van der Waals surface area contributed by atoms with Crippen molar-refractivity contribution in [2.75, 3.05) is 0 Å². The van der Waals surface area contributed by atoms with Crippen LogP contribution in [0.25, 0.3) is 5.69 Å². The Bertz CT molecular complexity index is 1000. The molecule has 4 aromatic rings. The smallest absolute Gasteiger partial charge is 0.254 e. The van der Waals surface area contributed by atoms with Gasteiger partial charge in [0, 0.05) is 36.7 Å². The minimum Gasteiger partial charge on any atom is -0.330 e. The topological polar surface area (TPSA) is 63.9 Å². The van der Waals surface area contributed by atoms with Crippen molar-refractivity contribution in [2.24, 2.45) is 0 Å². The highest BCUT2D eigenvalue weighted by Gasteiger charge is 2.18. The van der Waals surface area contributed by atoms with Crippen LogP contribution in [0.1, 0.15) is 21.5 Å². The Balaban J connectivity index is 1.62. The maximum Gasteiger partial charge on any atom is 0.254 e. The third kappa shape index (κ3) is 4.09. The van der Waals surface area contributed by atoms with Crippen molar-refractivity contribution in [3.8, 4) is 5.69 Å². The second kappa shape index (κ2) is 7.92. The third-order valence-electron chi connectivity index (χ3n) is 4.15. The monoisotopic (exact) mass is 375 g/mol. The summed E-state index contributed by atoms with van der Waals surface area (Å²) in [5.74, 6) is -0.0278. The number of amides is 1. The molecule has 0 aliphatic heterocycles. The standard InChI is InChI=1S/C20H17N5OS/c26-20(18-4-1-5-19(9-18)25-14-22-23-15-25)24(12-17-6-8-27-13-17)11-16-3-2-7-21-10-16/h1-10,13-15H,11-12H2. The molecule has 1 aromatic carbocycles. The zero-order valence-corrected chi connectivity index (χ0v) is 15.3. The van der Waals surface area contributed by atoms with Crippen LogP contribution in [0.5, 0.6) is 0 Å². The van der Waals surface area contributed by atoms with Crippen LogP contribution in [-0.4, -0.2) is 30.6 Å². The minimum absolute atomic E-state index is 0.0278. The van der Waals surface area contributed by atoms with E-state index in [9.17, 15) is 4.79 Å². The number of carbonyl (C=O) groups excluding carboxylic acids is 1. The Morgan fingerprint density at radius 3 is 2.63 bits per heavy atom. The molecular weight excluding hydrogens is 358 g/mol. The molecule has 134 valence electrons. The van der Waals surface area contributed by atoms with Crippen molar-refractivity contribution in [1.82, 2.24) is 24.6 Å². The lowest BCUT2D eigenvalue weighted by atomic mass is 10.1. The van der Waals surface area contributed by atoms with Crippen molar-refractivity contribution in [2.45, 2.75) is 13.1 Å². The van der Waals surface area contributed by atoms with Gasteiger partial charge >= 0.3 is 0 Å². The Kier molecular flexibility index (Phi) is 5.02. The minimum atomic E-state index is -0.0278. The van der Waals surface area contributed by atoms with Gasteiger partial charge in [0.05, 0.1) is 0 Å². The van der Waals surface area contributed by atoms with E-state index in [1.165, 1.54) is 0 Å². The van der Waals surface area contributed by atoms with Crippen molar-refractivity contribution in [3.63, 3.8) is 0 Å². The van der Waals surface area contributed by atoms with Crippen LogP contribution >= 0.6 is 11.3 Å². The van der Waals surface area contributed by atoms with Gasteiger partial charge in [-0.3, -0.25) is 14.3 Å². The van der Waals surface area contributed by atoms with Crippen LogP contribution in [0, 0.1) is 0 Å². The van der Waals surface area contributed by atoms with Gasteiger partial charge in [0.1, 0.15) is 12.7 Å². The molecule has 1 amide bonds. The first-order chi connectivity index (χ1) is 13.3. The SMILES string of the molecule is O=C(c1cccc(-n2cnnc2)c1)N(Cc1cccnc1)Cc1ccsc1. The predicted octanol–water partition coefficient (Wildman–Crippen LogP) is 3.57. The van der Waals surface area contributed by atoms with Gasteiger partial charge < -0.3 is 4.90 Å². The van der Waals surface area contributed by atoms with E-state index < -0.39 is 0 Å². The van der Waals surface area contributed by atoms with E-state index in [4.69, 9.17) is 0 Å². The highest BCUT2D eigenvalue weighted by molar-refractivity contribution is 7.07. The molecule has 0 aliphatic carbocycles. The number of nitrogens with zero attached hydrogens (tertiary/aromatic N) is 5. The van der Waals surface area contributed by atoms with Gasteiger partial charge in [-0.1, -0.05) is 12.1 Å². The van der Waals surface area contributed by atoms with Gasteiger partial charge in [-0.2, -0.15) is 11.3 Å². The average Bonchev–Trinajstić information content (AvgIpc) is 3.42. The van der Waals surface area contributed by atoms with E-state index >= 15 is 0 Å². The van der Waals surface area contributed by atoms with Gasteiger partial charge in [-0.15, -0.1) is 10.2 Å². The number of thiophene rings is 1. The lowest BCUT2D eigenvalue weighted by Crippen LogP contribution is -2.30. The average molecular weight is 375 g/mol. The molecule has 27 heavy (non-hydrogen) atoms. The summed E-state index contributed by atoms with van der Waals surface area (Å²) < 4.78 is 1.78. The fraction of sp³-hybridized carbons (Fsp3) is 0.100. The second-order valence-electron chi connectivity index (χ2n) is 6.07. The first-order valence-corrected chi connectivity index (χ1v) is 9.38. The molecule has 0 spiro atoms. The van der Waals surface area contributed by atoms with E-state index in [0.717, 1.165) is 16.8 Å². The Morgan fingerprint density at radius 2 is 1.89 bits per heavy atom. The van der Waals surface area contributed by atoms with Gasteiger partial charge in [0.15, 0.2) is 0 Å². The van der Waals surface area contributed by atoms with E-state index in [0.29, 0.717) is 18.7 Å². The summed E-state index contributed by atoms with van der Waals surface area (Å²) in [5.41, 5.74) is 3.59. The fourth-order valence-electron chi connectivity index (χ4n) is 2.83. The molecule has 0 N–H and O–H groups in total. The Morgan fingerprint density at radius 1 is 1.04 bits per heavy atom. The summed E-state index contributed by atoms with van der Waals surface area (Å²) in [6.45, 7) is 1.05.